The number of unbranched alkanes of at least 4 members (excludes halogenated alkanes) is 2. The average Bonchev–Trinajstić information content (AvgIpc) is 2.73. The van der Waals surface area contributed by atoms with Gasteiger partial charge in [0.2, 0.25) is 0 Å². The zero-order valence-electron chi connectivity index (χ0n) is 13.6. The molecule has 0 N–H and O–H groups in total. The van der Waals surface area contributed by atoms with E-state index in [1.807, 2.05) is 36.0 Å². The van der Waals surface area contributed by atoms with Crippen molar-refractivity contribution in [2.24, 2.45) is 7.05 Å². The number of rotatable bonds is 10. The Morgan fingerprint density at radius 1 is 1.29 bits per heavy atom. The number of nitrogens with zero attached hydrogens (tertiary/aromatic N) is 3. The second kappa shape index (κ2) is 8.38. The summed E-state index contributed by atoms with van der Waals surface area (Å²) in [6.45, 7) is 3.75. The van der Waals surface area contributed by atoms with E-state index in [2.05, 4.69) is 6.92 Å². The number of hydrogen-bond donors (Lipinski definition) is 0. The molecule has 0 spiro atoms. The lowest BCUT2D eigenvalue weighted by Crippen LogP contribution is -2.31. The minimum Gasteiger partial charge on any atom is -0.309 e. The molecule has 0 bridgehead atoms. The monoisotopic (exact) mass is 318 g/mol. The molecule has 0 radical (unpaired) electrons. The van der Waals surface area contributed by atoms with Crippen LogP contribution in [-0.4, -0.2) is 44.3 Å². The molecule has 0 amide bonds. The third-order valence-corrected chi connectivity index (χ3v) is 4.41. The first-order valence-electron chi connectivity index (χ1n) is 7.47. The fraction of sp³-hybridized carbons (Fsp3) is 0.786. The Kier molecular flexibility index (Phi) is 7.17. The van der Waals surface area contributed by atoms with E-state index < -0.39 is 10.1 Å². The van der Waals surface area contributed by atoms with Crippen LogP contribution in [0.3, 0.4) is 0 Å². The van der Waals surface area contributed by atoms with Crippen molar-refractivity contribution in [3.05, 3.63) is 12.4 Å². The molecule has 0 aromatic carbocycles. The summed E-state index contributed by atoms with van der Waals surface area (Å²) >= 11 is 0. The topological polar surface area (TPSA) is 55.4 Å². The van der Waals surface area contributed by atoms with E-state index in [1.54, 1.807) is 11.6 Å². The van der Waals surface area contributed by atoms with Gasteiger partial charge in [-0.3, -0.25) is 0 Å². The van der Waals surface area contributed by atoms with Crippen molar-refractivity contribution in [1.82, 2.24) is 9.47 Å². The molecule has 6 nitrogen and oxygen atoms in total. The molecule has 7 heteroatoms. The molecular formula is C14H28N3O3S+. The molecule has 0 fully saturated rings. The Labute approximate surface area is 128 Å². The predicted octanol–water partition coefficient (Wildman–Crippen LogP) is 1.16. The molecule has 0 saturated heterocycles. The zero-order valence-corrected chi connectivity index (χ0v) is 14.4. The van der Waals surface area contributed by atoms with E-state index in [9.17, 15) is 8.42 Å². The normalized spacial score (nSPS) is 12.0. The molecule has 21 heavy (non-hydrogen) atoms. The van der Waals surface area contributed by atoms with E-state index >= 15 is 0 Å². The molecule has 1 aromatic rings. The predicted molar refractivity (Wildman–Crippen MR) is 82.7 cm³/mol. The molecule has 0 unspecified atom stereocenters. The number of imidazole rings is 1. The van der Waals surface area contributed by atoms with Gasteiger partial charge in [-0.25, -0.2) is 0 Å². The van der Waals surface area contributed by atoms with Crippen LogP contribution in [0.1, 0.15) is 32.6 Å². The lowest BCUT2D eigenvalue weighted by molar-refractivity contribution is -0.674. The van der Waals surface area contributed by atoms with Crippen LogP contribution in [0.2, 0.25) is 0 Å². The Hall–Kier alpha value is -1.08. The molecule has 0 atom stereocenters. The van der Waals surface area contributed by atoms with Crippen molar-refractivity contribution in [3.63, 3.8) is 0 Å². The van der Waals surface area contributed by atoms with Crippen LogP contribution in [0.25, 0.3) is 0 Å². The lowest BCUT2D eigenvalue weighted by atomic mass is 10.3. The molecule has 0 saturated carbocycles. The summed E-state index contributed by atoms with van der Waals surface area (Å²) in [5.41, 5.74) is 0. The second-order valence-electron chi connectivity index (χ2n) is 5.59. The lowest BCUT2D eigenvalue weighted by Gasteiger charge is -2.09. The van der Waals surface area contributed by atoms with Crippen LogP contribution in [0, 0.1) is 0 Å². The quantitative estimate of drug-likeness (QED) is 0.369. The van der Waals surface area contributed by atoms with Crippen molar-refractivity contribution in [1.29, 1.82) is 0 Å². The van der Waals surface area contributed by atoms with Crippen LogP contribution >= 0.6 is 0 Å². The van der Waals surface area contributed by atoms with E-state index in [-0.39, 0.29) is 5.75 Å². The Bertz CT molecular complexity index is 524. The van der Waals surface area contributed by atoms with Crippen molar-refractivity contribution in [2.45, 2.75) is 39.2 Å². The van der Waals surface area contributed by atoms with Crippen LogP contribution < -0.4 is 8.75 Å². The van der Waals surface area contributed by atoms with Gasteiger partial charge >= 0.3 is 16.1 Å². The Morgan fingerprint density at radius 3 is 2.62 bits per heavy atom. The van der Waals surface area contributed by atoms with Gasteiger partial charge in [0.1, 0.15) is 12.4 Å². The minimum absolute atomic E-state index is 0.0554. The summed E-state index contributed by atoms with van der Waals surface area (Å²) < 4.78 is 33.0. The SMILES string of the molecule is CCCCn1cc[n+](C)c1OS(=O)(=O)CCCCN(C)C. The maximum absolute atomic E-state index is 12.1. The zero-order chi connectivity index (χ0) is 15.9. The summed E-state index contributed by atoms with van der Waals surface area (Å²) in [6.07, 6.45) is 7.17. The maximum atomic E-state index is 12.1. The highest BCUT2D eigenvalue weighted by atomic mass is 32.2. The van der Waals surface area contributed by atoms with E-state index in [0.717, 1.165) is 32.4 Å². The summed E-state index contributed by atoms with van der Waals surface area (Å²) in [5.74, 6) is 0.0554. The molecule has 1 heterocycles. The van der Waals surface area contributed by atoms with Gasteiger partial charge in [0.25, 0.3) is 0 Å². The van der Waals surface area contributed by atoms with E-state index in [0.29, 0.717) is 12.4 Å². The van der Waals surface area contributed by atoms with Crippen LogP contribution in [0.15, 0.2) is 12.4 Å². The molecule has 1 aromatic heterocycles. The number of aryl methyl sites for hydroxylation is 2. The van der Waals surface area contributed by atoms with Crippen LogP contribution in [0.5, 0.6) is 6.01 Å². The van der Waals surface area contributed by atoms with Crippen molar-refractivity contribution >= 4 is 10.1 Å². The minimum atomic E-state index is -3.53. The molecule has 122 valence electrons. The van der Waals surface area contributed by atoms with E-state index in [4.69, 9.17) is 4.18 Å². The fourth-order valence-electron chi connectivity index (χ4n) is 1.98. The van der Waals surface area contributed by atoms with E-state index in [1.165, 1.54) is 0 Å². The van der Waals surface area contributed by atoms with Crippen molar-refractivity contribution < 1.29 is 17.2 Å². The Morgan fingerprint density at radius 2 is 2.00 bits per heavy atom. The average molecular weight is 318 g/mol. The summed E-state index contributed by atoms with van der Waals surface area (Å²) in [7, 11) is 2.21. The smallest absolute Gasteiger partial charge is 0.309 e. The molecule has 0 aliphatic heterocycles. The largest absolute Gasteiger partial charge is 0.471 e. The first kappa shape index (κ1) is 18.0. The molecule has 0 aliphatic carbocycles. The molecule has 0 aliphatic rings. The van der Waals surface area contributed by atoms with Crippen molar-refractivity contribution in [2.75, 3.05) is 26.4 Å². The standard InChI is InChI=1S/C14H28N3O3S/c1-5-6-10-17-12-11-16(4)14(17)20-21(18,19)13-8-7-9-15(2)3/h11-12H,5-10,13H2,1-4H3/q+1. The van der Waals surface area contributed by atoms with Gasteiger partial charge < -0.3 is 9.08 Å². The number of hydrogen-bond acceptors (Lipinski definition) is 4. The van der Waals surface area contributed by atoms with Gasteiger partial charge in [-0.05, 0) is 39.9 Å². The maximum Gasteiger partial charge on any atom is 0.471 e. The van der Waals surface area contributed by atoms with Gasteiger partial charge in [-0.1, -0.05) is 13.3 Å². The summed E-state index contributed by atoms with van der Waals surface area (Å²) in [4.78, 5) is 2.05. The van der Waals surface area contributed by atoms with Crippen molar-refractivity contribution in [3.8, 4) is 6.01 Å². The first-order chi connectivity index (χ1) is 9.85. The summed E-state index contributed by atoms with van der Waals surface area (Å²) in [6, 6.07) is 0.385. The summed E-state index contributed by atoms with van der Waals surface area (Å²) in [5, 5.41) is 0. The van der Waals surface area contributed by atoms with Crippen LogP contribution in [0.4, 0.5) is 0 Å². The third kappa shape index (κ3) is 6.48. The third-order valence-electron chi connectivity index (χ3n) is 3.22. The number of aromatic nitrogens is 2. The highest BCUT2D eigenvalue weighted by molar-refractivity contribution is 7.87. The second-order valence-corrected chi connectivity index (χ2v) is 7.28. The molecule has 1 rings (SSSR count). The highest BCUT2D eigenvalue weighted by Crippen LogP contribution is 2.11. The van der Waals surface area contributed by atoms with Gasteiger partial charge in [0, 0.05) is 0 Å². The highest BCUT2D eigenvalue weighted by Gasteiger charge is 2.23. The first-order valence-corrected chi connectivity index (χ1v) is 9.05. The van der Waals surface area contributed by atoms with Gasteiger partial charge in [-0.2, -0.15) is 17.6 Å². The van der Waals surface area contributed by atoms with Gasteiger partial charge in [0.05, 0.1) is 19.3 Å². The Balaban J connectivity index is 2.60. The van der Waals surface area contributed by atoms with Crippen LogP contribution in [-0.2, 0) is 23.7 Å². The van der Waals surface area contributed by atoms with Gasteiger partial charge in [0.15, 0.2) is 0 Å². The molecular weight excluding hydrogens is 290 g/mol. The van der Waals surface area contributed by atoms with Gasteiger partial charge in [-0.15, -0.1) is 0 Å². The fourth-order valence-corrected chi connectivity index (χ4v) is 3.06.